The summed E-state index contributed by atoms with van der Waals surface area (Å²) < 4.78 is 0. The van der Waals surface area contributed by atoms with E-state index in [1.165, 1.54) is 6.20 Å². The quantitative estimate of drug-likeness (QED) is 0.710. The lowest BCUT2D eigenvalue weighted by molar-refractivity contribution is 0.0999. The number of pyridine rings is 1. The highest BCUT2D eigenvalue weighted by molar-refractivity contribution is 5.97. The Morgan fingerprint density at radius 1 is 1.27 bits per heavy atom. The van der Waals surface area contributed by atoms with Crippen molar-refractivity contribution >= 4 is 16.8 Å². The first-order valence-electron chi connectivity index (χ1n) is 4.22. The van der Waals surface area contributed by atoms with Gasteiger partial charge in [-0.05, 0) is 12.1 Å². The number of nitrogens with one attached hydrogen (secondary N) is 1. The molecule has 1 aromatic carbocycles. The largest absolute Gasteiger partial charge is 0.360 e. The number of benzene rings is 1. The van der Waals surface area contributed by atoms with Gasteiger partial charge in [-0.3, -0.25) is 9.59 Å². The maximum Gasteiger partial charge on any atom is 0.322 e. The molecule has 0 atom stereocenters. The van der Waals surface area contributed by atoms with Crippen LogP contribution in [0.15, 0.2) is 40.4 Å². The summed E-state index contributed by atoms with van der Waals surface area (Å²) in [5.74, 6) is -1.05. The molecule has 1 N–H and O–H groups in total. The second-order valence-corrected chi connectivity index (χ2v) is 2.97. The van der Waals surface area contributed by atoms with E-state index in [0.29, 0.717) is 10.9 Å². The van der Waals surface area contributed by atoms with E-state index in [1.807, 2.05) is 0 Å². The van der Waals surface area contributed by atoms with Crippen LogP contribution in [-0.2, 0) is 0 Å². The van der Waals surface area contributed by atoms with Crippen molar-refractivity contribution in [2.75, 3.05) is 0 Å². The topological polar surface area (TPSA) is 79.4 Å². The Kier molecular flexibility index (Phi) is 2.13. The Morgan fingerprint density at radius 2 is 2.00 bits per heavy atom. The molecule has 1 heterocycles. The minimum atomic E-state index is -1.05. The van der Waals surface area contributed by atoms with Crippen LogP contribution in [0.25, 0.3) is 10.9 Å². The molecular weight excluding hydrogens is 196 g/mol. The average Bonchev–Trinajstić information content (AvgIpc) is 2.29. The number of nitrogens with zero attached hydrogens (tertiary/aromatic N) is 1. The van der Waals surface area contributed by atoms with Crippen molar-refractivity contribution in [1.82, 2.24) is 4.98 Å². The van der Waals surface area contributed by atoms with E-state index < -0.39 is 11.3 Å². The van der Waals surface area contributed by atoms with Crippen molar-refractivity contribution in [2.24, 2.45) is 5.18 Å². The van der Waals surface area contributed by atoms with Crippen molar-refractivity contribution in [2.45, 2.75) is 0 Å². The molecule has 2 rings (SSSR count). The van der Waals surface area contributed by atoms with Crippen molar-refractivity contribution in [3.05, 3.63) is 51.2 Å². The minimum Gasteiger partial charge on any atom is -0.360 e. The fourth-order valence-electron chi connectivity index (χ4n) is 1.38. The number of para-hydroxylation sites is 1. The molecular formula is C10H6N2O3. The number of H-pyrrole nitrogens is 1. The predicted octanol–water partition coefficient (Wildman–Crippen LogP) is 1.43. The second-order valence-electron chi connectivity index (χ2n) is 2.97. The Labute approximate surface area is 83.7 Å². The average molecular weight is 202 g/mol. The van der Waals surface area contributed by atoms with Gasteiger partial charge in [-0.15, -0.1) is 4.91 Å². The number of carbonyl (C=O) groups excluding carboxylic acids is 1. The lowest BCUT2D eigenvalue weighted by Gasteiger charge is -1.97. The van der Waals surface area contributed by atoms with Gasteiger partial charge in [0.1, 0.15) is 5.56 Å². The highest BCUT2D eigenvalue weighted by Crippen LogP contribution is 2.07. The van der Waals surface area contributed by atoms with E-state index in [4.69, 9.17) is 0 Å². The van der Waals surface area contributed by atoms with E-state index in [0.717, 1.165) is 0 Å². The molecule has 0 saturated heterocycles. The molecule has 0 radical (unpaired) electrons. The summed E-state index contributed by atoms with van der Waals surface area (Å²) in [5, 5.41) is 2.59. The second kappa shape index (κ2) is 3.45. The van der Waals surface area contributed by atoms with Gasteiger partial charge in [-0.2, -0.15) is 0 Å². The number of amides is 1. The van der Waals surface area contributed by atoms with Gasteiger partial charge in [-0.25, -0.2) is 0 Å². The summed E-state index contributed by atoms with van der Waals surface area (Å²) in [7, 11) is 0. The minimum absolute atomic E-state index is 0.233. The van der Waals surface area contributed by atoms with Crippen LogP contribution in [0.5, 0.6) is 0 Å². The highest BCUT2D eigenvalue weighted by atomic mass is 16.3. The lowest BCUT2D eigenvalue weighted by Crippen LogP contribution is -2.13. The molecule has 0 unspecified atom stereocenters. The normalized spacial score (nSPS) is 10.1. The molecule has 0 aliphatic carbocycles. The zero-order valence-corrected chi connectivity index (χ0v) is 7.56. The van der Waals surface area contributed by atoms with Crippen LogP contribution in [-0.4, -0.2) is 10.9 Å². The van der Waals surface area contributed by atoms with E-state index >= 15 is 0 Å². The van der Waals surface area contributed by atoms with Crippen molar-refractivity contribution in [3.63, 3.8) is 0 Å². The summed E-state index contributed by atoms with van der Waals surface area (Å²) >= 11 is 0. The molecule has 74 valence electrons. The van der Waals surface area contributed by atoms with Gasteiger partial charge in [0.15, 0.2) is 0 Å². The molecule has 1 amide bonds. The van der Waals surface area contributed by atoms with Gasteiger partial charge >= 0.3 is 5.91 Å². The van der Waals surface area contributed by atoms with Crippen LogP contribution in [0.3, 0.4) is 0 Å². The number of hydrogen-bond donors (Lipinski definition) is 1. The van der Waals surface area contributed by atoms with E-state index in [-0.39, 0.29) is 5.56 Å². The van der Waals surface area contributed by atoms with Gasteiger partial charge < -0.3 is 4.98 Å². The summed E-state index contributed by atoms with van der Waals surface area (Å²) in [6.45, 7) is 0. The van der Waals surface area contributed by atoms with Crippen molar-refractivity contribution < 1.29 is 4.79 Å². The van der Waals surface area contributed by atoms with Crippen LogP contribution < -0.4 is 5.43 Å². The first kappa shape index (κ1) is 9.26. The molecule has 15 heavy (non-hydrogen) atoms. The number of fused-ring (bicyclic) bond motifs is 1. The van der Waals surface area contributed by atoms with Crippen LogP contribution in [0.2, 0.25) is 0 Å². The molecule has 0 aliphatic rings. The third kappa shape index (κ3) is 1.43. The third-order valence-corrected chi connectivity index (χ3v) is 2.10. The van der Waals surface area contributed by atoms with Crippen molar-refractivity contribution in [3.8, 4) is 0 Å². The summed E-state index contributed by atoms with van der Waals surface area (Å²) in [6.07, 6.45) is 1.20. The molecule has 0 fully saturated rings. The molecule has 0 saturated carbocycles. The Morgan fingerprint density at radius 3 is 2.73 bits per heavy atom. The zero-order valence-electron chi connectivity index (χ0n) is 7.56. The molecule has 1 aromatic heterocycles. The van der Waals surface area contributed by atoms with Crippen molar-refractivity contribution in [1.29, 1.82) is 0 Å². The van der Waals surface area contributed by atoms with Gasteiger partial charge in [0.25, 0.3) is 0 Å². The maximum absolute atomic E-state index is 11.7. The monoisotopic (exact) mass is 202 g/mol. The lowest BCUT2D eigenvalue weighted by atomic mass is 10.1. The van der Waals surface area contributed by atoms with E-state index in [2.05, 4.69) is 10.2 Å². The first-order valence-corrected chi connectivity index (χ1v) is 4.22. The standard InChI is InChI=1S/C10H6N2O3/c13-9-6-3-1-2-4-8(6)11-5-7(9)10(14)12-15/h1-5H,(H,11,13). The number of aromatic amines is 1. The SMILES string of the molecule is O=NC(=O)c1c[nH]c2ccccc2c1=O. The van der Waals surface area contributed by atoms with Crippen LogP contribution in [0.4, 0.5) is 0 Å². The van der Waals surface area contributed by atoms with Crippen LogP contribution >= 0.6 is 0 Å². The fourth-order valence-corrected chi connectivity index (χ4v) is 1.38. The van der Waals surface area contributed by atoms with Gasteiger partial charge in [-0.1, -0.05) is 12.1 Å². The third-order valence-electron chi connectivity index (χ3n) is 2.10. The molecule has 2 aromatic rings. The van der Waals surface area contributed by atoms with E-state index in [9.17, 15) is 14.5 Å². The number of aromatic nitrogens is 1. The van der Waals surface area contributed by atoms with E-state index in [1.54, 1.807) is 24.3 Å². The molecule has 0 spiro atoms. The maximum atomic E-state index is 11.7. The predicted molar refractivity (Wildman–Crippen MR) is 54.7 cm³/mol. The molecule has 0 bridgehead atoms. The zero-order chi connectivity index (χ0) is 10.8. The summed E-state index contributed by atoms with van der Waals surface area (Å²) in [5.41, 5.74) is -0.0948. The Hall–Kier alpha value is -2.30. The van der Waals surface area contributed by atoms with Gasteiger partial charge in [0.05, 0.1) is 0 Å². The number of hydrogen-bond acceptors (Lipinski definition) is 3. The van der Waals surface area contributed by atoms with Gasteiger partial charge in [0, 0.05) is 22.3 Å². The molecule has 5 heteroatoms. The fraction of sp³-hybridized carbons (Fsp3) is 0. The van der Waals surface area contributed by atoms with Gasteiger partial charge in [0.2, 0.25) is 5.43 Å². The smallest absolute Gasteiger partial charge is 0.322 e. The summed E-state index contributed by atoms with van der Waals surface area (Å²) in [4.78, 5) is 35.5. The summed E-state index contributed by atoms with van der Waals surface area (Å²) in [6, 6.07) is 6.73. The number of nitroso groups, excluding NO2 is 1. The first-order chi connectivity index (χ1) is 7.24. The number of rotatable bonds is 1. The van der Waals surface area contributed by atoms with Crippen LogP contribution in [0, 0.1) is 4.91 Å². The highest BCUT2D eigenvalue weighted by Gasteiger charge is 2.12. The molecule has 0 aliphatic heterocycles. The Balaban J connectivity index is 2.82. The molecule has 5 nitrogen and oxygen atoms in total. The van der Waals surface area contributed by atoms with Crippen LogP contribution in [0.1, 0.15) is 10.4 Å². The Bertz CT molecular complexity index is 601. The number of carbonyl (C=O) groups is 1.